The summed E-state index contributed by atoms with van der Waals surface area (Å²) in [7, 11) is 0. The van der Waals surface area contributed by atoms with Crippen molar-refractivity contribution in [2.24, 2.45) is 0 Å². The maximum atomic E-state index is 12.4. The summed E-state index contributed by atoms with van der Waals surface area (Å²) in [5.41, 5.74) is 1.56. The van der Waals surface area contributed by atoms with Crippen LogP contribution in [0.2, 0.25) is 0 Å². The maximum absolute atomic E-state index is 12.4. The van der Waals surface area contributed by atoms with Gasteiger partial charge >= 0.3 is 6.01 Å². The van der Waals surface area contributed by atoms with Crippen molar-refractivity contribution >= 4 is 16.7 Å². The monoisotopic (exact) mass is 276 g/mol. The molecule has 2 heterocycles. The fraction of sp³-hybridized carbons (Fsp3) is 0.0588. The Hall–Kier alpha value is -2.88. The highest BCUT2D eigenvalue weighted by molar-refractivity contribution is 5.78. The second kappa shape index (κ2) is 4.59. The van der Waals surface area contributed by atoms with Gasteiger partial charge in [-0.05, 0) is 18.2 Å². The van der Waals surface area contributed by atoms with Crippen LogP contribution in [-0.2, 0) is 6.54 Å². The molecule has 0 atom stereocenters. The number of ether oxygens (including phenoxy) is 1. The van der Waals surface area contributed by atoms with Crippen LogP contribution in [0.25, 0.3) is 16.7 Å². The zero-order chi connectivity index (χ0) is 14.2. The van der Waals surface area contributed by atoms with Gasteiger partial charge < -0.3 is 4.74 Å². The van der Waals surface area contributed by atoms with Crippen LogP contribution in [0, 0.1) is 0 Å². The van der Waals surface area contributed by atoms with Gasteiger partial charge in [0.25, 0.3) is 5.56 Å². The lowest BCUT2D eigenvalue weighted by Gasteiger charge is -2.19. The molecule has 4 rings (SSSR count). The quantitative estimate of drug-likeness (QED) is 0.686. The molecule has 0 saturated carbocycles. The fourth-order valence-electron chi connectivity index (χ4n) is 2.48. The van der Waals surface area contributed by atoms with Crippen LogP contribution in [0.15, 0.2) is 65.5 Å². The third-order valence-electron chi connectivity index (χ3n) is 3.55. The number of rotatable bonds is 1. The molecular formula is C17H12N2O2. The van der Waals surface area contributed by atoms with Crippen molar-refractivity contribution in [3.8, 4) is 6.01 Å². The van der Waals surface area contributed by atoms with Gasteiger partial charge in [-0.1, -0.05) is 42.5 Å². The van der Waals surface area contributed by atoms with Crippen LogP contribution < -0.4 is 10.3 Å². The van der Waals surface area contributed by atoms with E-state index in [2.05, 4.69) is 4.98 Å². The summed E-state index contributed by atoms with van der Waals surface area (Å²) in [5.74, 6) is 0.734. The second-order valence-corrected chi connectivity index (χ2v) is 4.86. The first-order valence-electron chi connectivity index (χ1n) is 6.76. The van der Waals surface area contributed by atoms with Gasteiger partial charge in [-0.25, -0.2) is 0 Å². The number of allylic oxidation sites excluding steroid dienone is 1. The van der Waals surface area contributed by atoms with E-state index in [0.717, 1.165) is 11.3 Å². The fourth-order valence-corrected chi connectivity index (χ4v) is 2.48. The van der Waals surface area contributed by atoms with Gasteiger partial charge in [0.05, 0.1) is 17.4 Å². The third-order valence-corrected chi connectivity index (χ3v) is 3.55. The molecule has 3 aromatic rings. The molecule has 4 nitrogen and oxygen atoms in total. The number of hydrogen-bond acceptors (Lipinski definition) is 3. The summed E-state index contributed by atoms with van der Waals surface area (Å²) < 4.78 is 7.37. The van der Waals surface area contributed by atoms with Gasteiger partial charge in [0.2, 0.25) is 0 Å². The average molecular weight is 276 g/mol. The van der Waals surface area contributed by atoms with E-state index in [4.69, 9.17) is 4.74 Å². The number of nitrogens with zero attached hydrogens (tertiary/aromatic N) is 2. The number of aromatic nitrogens is 2. The Bertz CT molecular complexity index is 911. The molecule has 21 heavy (non-hydrogen) atoms. The molecule has 0 unspecified atom stereocenters. The molecule has 1 aliphatic heterocycles. The predicted octanol–water partition coefficient (Wildman–Crippen LogP) is 2.83. The first-order valence-corrected chi connectivity index (χ1v) is 6.76. The van der Waals surface area contributed by atoms with E-state index in [9.17, 15) is 4.79 Å². The standard InChI is InChI=1S/C17H12N2O2/c20-16-13-8-4-5-9-14(13)18-17-19(16)11-10-15(21-17)12-6-2-1-3-7-12/h1-10H,11H2. The van der Waals surface area contributed by atoms with Crippen LogP contribution in [0.3, 0.4) is 0 Å². The van der Waals surface area contributed by atoms with Crippen LogP contribution in [0.1, 0.15) is 5.56 Å². The van der Waals surface area contributed by atoms with E-state index >= 15 is 0 Å². The van der Waals surface area contributed by atoms with E-state index in [1.807, 2.05) is 54.6 Å². The van der Waals surface area contributed by atoms with Crippen LogP contribution in [0.5, 0.6) is 6.01 Å². The molecule has 0 spiro atoms. The van der Waals surface area contributed by atoms with Crippen molar-refractivity contribution in [2.45, 2.75) is 6.54 Å². The molecule has 0 saturated heterocycles. The highest BCUT2D eigenvalue weighted by Crippen LogP contribution is 2.24. The molecule has 102 valence electrons. The Morgan fingerprint density at radius 2 is 1.76 bits per heavy atom. The van der Waals surface area contributed by atoms with E-state index in [-0.39, 0.29) is 5.56 Å². The molecule has 0 radical (unpaired) electrons. The summed E-state index contributed by atoms with van der Waals surface area (Å²) in [5, 5.41) is 0.612. The molecule has 2 aromatic carbocycles. The largest absolute Gasteiger partial charge is 0.425 e. The zero-order valence-electron chi connectivity index (χ0n) is 11.2. The van der Waals surface area contributed by atoms with E-state index in [0.29, 0.717) is 23.5 Å². The van der Waals surface area contributed by atoms with Crippen LogP contribution in [-0.4, -0.2) is 9.55 Å². The highest BCUT2D eigenvalue weighted by atomic mass is 16.5. The number of fused-ring (bicyclic) bond motifs is 2. The van der Waals surface area contributed by atoms with Crippen molar-refractivity contribution < 1.29 is 4.74 Å². The summed E-state index contributed by atoms with van der Waals surface area (Å²) >= 11 is 0. The Morgan fingerprint density at radius 3 is 2.62 bits per heavy atom. The molecular weight excluding hydrogens is 264 g/mol. The van der Waals surface area contributed by atoms with Gasteiger partial charge in [0.1, 0.15) is 5.76 Å². The summed E-state index contributed by atoms with van der Waals surface area (Å²) in [6.45, 7) is 0.468. The minimum atomic E-state index is -0.0704. The second-order valence-electron chi connectivity index (χ2n) is 4.86. The van der Waals surface area contributed by atoms with Gasteiger partial charge in [0, 0.05) is 5.56 Å². The van der Waals surface area contributed by atoms with E-state index < -0.39 is 0 Å². The van der Waals surface area contributed by atoms with Crippen LogP contribution >= 0.6 is 0 Å². The molecule has 0 aliphatic carbocycles. The molecule has 0 bridgehead atoms. The minimum absolute atomic E-state index is 0.0704. The average Bonchev–Trinajstić information content (AvgIpc) is 2.55. The first kappa shape index (κ1) is 11.9. The van der Waals surface area contributed by atoms with Gasteiger partial charge in [-0.2, -0.15) is 4.98 Å². The van der Waals surface area contributed by atoms with Crippen molar-refractivity contribution in [2.75, 3.05) is 0 Å². The van der Waals surface area contributed by atoms with Crippen molar-refractivity contribution in [3.63, 3.8) is 0 Å². The SMILES string of the molecule is O=c1c2ccccc2nc2n1CC=C(c1ccccc1)O2. The van der Waals surface area contributed by atoms with Crippen molar-refractivity contribution in [1.82, 2.24) is 9.55 Å². The Balaban J connectivity index is 1.85. The van der Waals surface area contributed by atoms with Crippen molar-refractivity contribution in [3.05, 3.63) is 76.6 Å². The number of para-hydroxylation sites is 1. The number of benzene rings is 2. The molecule has 1 aromatic heterocycles. The Labute approximate surface area is 120 Å². The topological polar surface area (TPSA) is 44.1 Å². The molecule has 0 N–H and O–H groups in total. The highest BCUT2D eigenvalue weighted by Gasteiger charge is 2.18. The molecule has 1 aliphatic rings. The normalized spacial score (nSPS) is 13.4. The van der Waals surface area contributed by atoms with Gasteiger partial charge in [-0.3, -0.25) is 9.36 Å². The Morgan fingerprint density at radius 1 is 1.00 bits per heavy atom. The summed E-state index contributed by atoms with van der Waals surface area (Å²) in [6.07, 6.45) is 1.90. The van der Waals surface area contributed by atoms with Gasteiger partial charge in [0.15, 0.2) is 0 Å². The number of hydrogen-bond donors (Lipinski definition) is 0. The molecule has 0 amide bonds. The van der Waals surface area contributed by atoms with Gasteiger partial charge in [-0.15, -0.1) is 0 Å². The smallest absolute Gasteiger partial charge is 0.305 e. The molecule has 4 heteroatoms. The Kier molecular flexibility index (Phi) is 2.60. The lowest BCUT2D eigenvalue weighted by Crippen LogP contribution is -2.25. The lowest BCUT2D eigenvalue weighted by molar-refractivity contribution is 0.413. The predicted molar refractivity (Wildman–Crippen MR) is 81.1 cm³/mol. The molecule has 0 fully saturated rings. The summed E-state index contributed by atoms with van der Waals surface area (Å²) in [6, 6.07) is 17.5. The van der Waals surface area contributed by atoms with E-state index in [1.165, 1.54) is 0 Å². The van der Waals surface area contributed by atoms with Crippen molar-refractivity contribution in [1.29, 1.82) is 0 Å². The maximum Gasteiger partial charge on any atom is 0.305 e. The third kappa shape index (κ3) is 1.92. The zero-order valence-corrected chi connectivity index (χ0v) is 11.2. The minimum Gasteiger partial charge on any atom is -0.425 e. The first-order chi connectivity index (χ1) is 10.3. The van der Waals surface area contributed by atoms with Crippen LogP contribution in [0.4, 0.5) is 0 Å². The van der Waals surface area contributed by atoms with E-state index in [1.54, 1.807) is 10.6 Å². The lowest BCUT2D eigenvalue weighted by atomic mass is 10.1. The summed E-state index contributed by atoms with van der Waals surface area (Å²) in [4.78, 5) is 16.9.